The van der Waals surface area contributed by atoms with Gasteiger partial charge in [-0.2, -0.15) is 0 Å². The van der Waals surface area contributed by atoms with E-state index in [4.69, 9.17) is 4.42 Å². The number of aryl methyl sites for hydroxylation is 1. The lowest BCUT2D eigenvalue weighted by Crippen LogP contribution is -2.21. The normalized spacial score (nSPS) is 11.1. The van der Waals surface area contributed by atoms with Crippen LogP contribution in [0.4, 0.5) is 0 Å². The molecule has 2 rings (SSSR count). The smallest absolute Gasteiger partial charge is 0.134 e. The minimum absolute atomic E-state index is 0.475. The Bertz CT molecular complexity index is 468. The third-order valence-corrected chi connectivity index (χ3v) is 2.68. The first-order valence-electron chi connectivity index (χ1n) is 6.04. The van der Waals surface area contributed by atoms with Crippen molar-refractivity contribution in [3.8, 4) is 11.3 Å². The quantitative estimate of drug-likeness (QED) is 0.863. The third-order valence-electron chi connectivity index (χ3n) is 2.68. The van der Waals surface area contributed by atoms with Crippen molar-refractivity contribution in [1.29, 1.82) is 0 Å². The minimum atomic E-state index is 0.475. The van der Waals surface area contributed by atoms with Gasteiger partial charge in [-0.3, -0.25) is 0 Å². The maximum absolute atomic E-state index is 5.80. The molecule has 0 radical (unpaired) electrons. The monoisotopic (exact) mass is 229 g/mol. The van der Waals surface area contributed by atoms with Gasteiger partial charge in [0, 0.05) is 11.6 Å². The van der Waals surface area contributed by atoms with Crippen LogP contribution in [0.5, 0.6) is 0 Å². The molecule has 1 aromatic heterocycles. The zero-order valence-corrected chi connectivity index (χ0v) is 10.7. The van der Waals surface area contributed by atoms with Gasteiger partial charge in [0.05, 0.1) is 6.54 Å². The van der Waals surface area contributed by atoms with Crippen molar-refractivity contribution < 1.29 is 4.42 Å². The van der Waals surface area contributed by atoms with Crippen LogP contribution in [0.25, 0.3) is 11.3 Å². The summed E-state index contributed by atoms with van der Waals surface area (Å²) in [6.07, 6.45) is 0. The number of hydrogen-bond donors (Lipinski definition) is 1. The van der Waals surface area contributed by atoms with Gasteiger partial charge in [0.2, 0.25) is 0 Å². The van der Waals surface area contributed by atoms with Gasteiger partial charge in [-0.05, 0) is 19.1 Å². The van der Waals surface area contributed by atoms with E-state index in [1.165, 1.54) is 5.56 Å². The Labute approximate surface area is 103 Å². The fraction of sp³-hybridized carbons (Fsp3) is 0.333. The van der Waals surface area contributed by atoms with Crippen LogP contribution in [-0.4, -0.2) is 6.04 Å². The summed E-state index contributed by atoms with van der Waals surface area (Å²) in [5, 5.41) is 3.34. The Morgan fingerprint density at radius 2 is 1.76 bits per heavy atom. The van der Waals surface area contributed by atoms with E-state index in [0.717, 1.165) is 23.6 Å². The highest BCUT2D eigenvalue weighted by atomic mass is 16.3. The average Bonchev–Trinajstić information content (AvgIpc) is 2.76. The molecule has 0 aliphatic heterocycles. The molecule has 0 unspecified atom stereocenters. The topological polar surface area (TPSA) is 25.2 Å². The van der Waals surface area contributed by atoms with Crippen molar-refractivity contribution in [3.63, 3.8) is 0 Å². The lowest BCUT2D eigenvalue weighted by atomic mass is 10.1. The Balaban J connectivity index is 2.10. The zero-order chi connectivity index (χ0) is 12.3. The predicted molar refractivity (Wildman–Crippen MR) is 70.9 cm³/mol. The van der Waals surface area contributed by atoms with Gasteiger partial charge in [0.15, 0.2) is 0 Å². The molecule has 90 valence electrons. The molecule has 0 aliphatic rings. The molecule has 1 heterocycles. The molecular weight excluding hydrogens is 210 g/mol. The molecule has 0 saturated carbocycles. The second-order valence-corrected chi connectivity index (χ2v) is 4.67. The van der Waals surface area contributed by atoms with Crippen LogP contribution in [-0.2, 0) is 6.54 Å². The maximum Gasteiger partial charge on any atom is 0.134 e. The number of benzene rings is 1. The van der Waals surface area contributed by atoms with E-state index < -0.39 is 0 Å². The largest absolute Gasteiger partial charge is 0.460 e. The van der Waals surface area contributed by atoms with Gasteiger partial charge >= 0.3 is 0 Å². The summed E-state index contributed by atoms with van der Waals surface area (Å²) >= 11 is 0. The Hall–Kier alpha value is -1.54. The lowest BCUT2D eigenvalue weighted by Gasteiger charge is -2.05. The van der Waals surface area contributed by atoms with Gasteiger partial charge in [-0.25, -0.2) is 0 Å². The van der Waals surface area contributed by atoms with E-state index in [2.05, 4.69) is 50.4 Å². The highest BCUT2D eigenvalue weighted by Gasteiger charge is 2.04. The van der Waals surface area contributed by atoms with Gasteiger partial charge in [-0.15, -0.1) is 0 Å². The molecule has 2 aromatic rings. The average molecular weight is 229 g/mol. The SMILES string of the molecule is Cc1ccc(-c2ccc(CNC(C)C)o2)cc1. The molecule has 0 aliphatic carbocycles. The zero-order valence-electron chi connectivity index (χ0n) is 10.7. The minimum Gasteiger partial charge on any atom is -0.460 e. The van der Waals surface area contributed by atoms with Crippen LogP contribution in [0, 0.1) is 6.92 Å². The van der Waals surface area contributed by atoms with Crippen LogP contribution in [0.2, 0.25) is 0 Å². The molecule has 1 N–H and O–H groups in total. The second kappa shape index (κ2) is 5.19. The highest BCUT2D eigenvalue weighted by Crippen LogP contribution is 2.22. The molecule has 0 spiro atoms. The molecular formula is C15H19NO. The van der Waals surface area contributed by atoms with Crippen molar-refractivity contribution in [2.24, 2.45) is 0 Å². The summed E-state index contributed by atoms with van der Waals surface area (Å²) < 4.78 is 5.80. The van der Waals surface area contributed by atoms with Crippen LogP contribution < -0.4 is 5.32 Å². The summed E-state index contributed by atoms with van der Waals surface area (Å²) in [5.41, 5.74) is 2.40. The van der Waals surface area contributed by atoms with Crippen LogP contribution in [0.3, 0.4) is 0 Å². The fourth-order valence-corrected chi connectivity index (χ4v) is 1.65. The van der Waals surface area contributed by atoms with Crippen molar-refractivity contribution >= 4 is 0 Å². The molecule has 0 atom stereocenters. The van der Waals surface area contributed by atoms with Gasteiger partial charge in [-0.1, -0.05) is 43.7 Å². The van der Waals surface area contributed by atoms with Crippen molar-refractivity contribution in [3.05, 3.63) is 47.7 Å². The molecule has 2 nitrogen and oxygen atoms in total. The summed E-state index contributed by atoms with van der Waals surface area (Å²) in [7, 11) is 0. The van der Waals surface area contributed by atoms with Gasteiger partial charge < -0.3 is 9.73 Å². The first-order chi connectivity index (χ1) is 8.15. The molecule has 0 amide bonds. The van der Waals surface area contributed by atoms with E-state index in [-0.39, 0.29) is 0 Å². The molecule has 0 bridgehead atoms. The number of furan rings is 1. The Kier molecular flexibility index (Phi) is 3.64. The van der Waals surface area contributed by atoms with Crippen molar-refractivity contribution in [2.75, 3.05) is 0 Å². The molecule has 1 aromatic carbocycles. The van der Waals surface area contributed by atoms with Gasteiger partial charge in [0.1, 0.15) is 11.5 Å². The first-order valence-corrected chi connectivity index (χ1v) is 6.04. The van der Waals surface area contributed by atoms with Gasteiger partial charge in [0.25, 0.3) is 0 Å². The summed E-state index contributed by atoms with van der Waals surface area (Å²) in [6.45, 7) is 7.13. The van der Waals surface area contributed by atoms with E-state index >= 15 is 0 Å². The Morgan fingerprint density at radius 1 is 1.06 bits per heavy atom. The third kappa shape index (κ3) is 3.21. The van der Waals surface area contributed by atoms with E-state index in [9.17, 15) is 0 Å². The number of nitrogens with one attached hydrogen (secondary N) is 1. The summed E-state index contributed by atoms with van der Waals surface area (Å²) in [5.74, 6) is 1.92. The lowest BCUT2D eigenvalue weighted by molar-refractivity contribution is 0.473. The molecule has 0 saturated heterocycles. The van der Waals surface area contributed by atoms with Crippen LogP contribution in [0.15, 0.2) is 40.8 Å². The van der Waals surface area contributed by atoms with Crippen LogP contribution in [0.1, 0.15) is 25.2 Å². The Morgan fingerprint density at radius 3 is 2.41 bits per heavy atom. The van der Waals surface area contributed by atoms with E-state index in [0.29, 0.717) is 6.04 Å². The van der Waals surface area contributed by atoms with Crippen molar-refractivity contribution in [1.82, 2.24) is 5.32 Å². The first kappa shape index (κ1) is 11.9. The second-order valence-electron chi connectivity index (χ2n) is 4.67. The standard InChI is InChI=1S/C15H19NO/c1-11(2)16-10-14-8-9-15(17-14)13-6-4-12(3)5-7-13/h4-9,11,16H,10H2,1-3H3. The highest BCUT2D eigenvalue weighted by molar-refractivity contribution is 5.57. The van der Waals surface area contributed by atoms with Crippen LogP contribution >= 0.6 is 0 Å². The molecule has 17 heavy (non-hydrogen) atoms. The van der Waals surface area contributed by atoms with E-state index in [1.807, 2.05) is 12.1 Å². The van der Waals surface area contributed by atoms with E-state index in [1.54, 1.807) is 0 Å². The summed E-state index contributed by atoms with van der Waals surface area (Å²) in [6, 6.07) is 12.9. The van der Waals surface area contributed by atoms with Crippen molar-refractivity contribution in [2.45, 2.75) is 33.4 Å². The summed E-state index contributed by atoms with van der Waals surface area (Å²) in [4.78, 5) is 0. The fourth-order valence-electron chi connectivity index (χ4n) is 1.65. The predicted octanol–water partition coefficient (Wildman–Crippen LogP) is 3.75. The molecule has 0 fully saturated rings. The molecule has 2 heteroatoms. The number of rotatable bonds is 4. The number of hydrogen-bond acceptors (Lipinski definition) is 2. The maximum atomic E-state index is 5.80.